The van der Waals surface area contributed by atoms with Crippen LogP contribution in [0.4, 0.5) is 11.4 Å². The Hall–Kier alpha value is -3.08. The summed E-state index contributed by atoms with van der Waals surface area (Å²) in [6.07, 6.45) is 3.31. The van der Waals surface area contributed by atoms with Crippen LogP contribution in [0.5, 0.6) is 5.88 Å². The van der Waals surface area contributed by atoms with Gasteiger partial charge in [-0.2, -0.15) is 4.31 Å². The number of piperidine rings is 1. The summed E-state index contributed by atoms with van der Waals surface area (Å²) >= 11 is 5.29. The van der Waals surface area contributed by atoms with E-state index in [1.807, 2.05) is 31.2 Å². The Labute approximate surface area is 211 Å². The number of benzene rings is 2. The van der Waals surface area contributed by atoms with Gasteiger partial charge in [-0.3, -0.25) is 0 Å². The molecular formula is C25H29N5O3S2. The molecule has 1 aromatic heterocycles. The summed E-state index contributed by atoms with van der Waals surface area (Å²) in [5.41, 5.74) is 2.66. The van der Waals surface area contributed by atoms with Crippen LogP contribution in [0.1, 0.15) is 25.3 Å². The number of nitrogens with one attached hydrogen (secondary N) is 1. The third-order valence-corrected chi connectivity index (χ3v) is 8.30. The van der Waals surface area contributed by atoms with Gasteiger partial charge in [-0.25, -0.2) is 8.42 Å². The number of fused-ring (bicyclic) bond motifs is 1. The largest absolute Gasteiger partial charge is 0.493 e. The molecule has 1 aliphatic heterocycles. The van der Waals surface area contributed by atoms with Crippen LogP contribution in [0.2, 0.25) is 0 Å². The molecule has 0 amide bonds. The van der Waals surface area contributed by atoms with Crippen LogP contribution in [0.3, 0.4) is 0 Å². The van der Waals surface area contributed by atoms with Crippen molar-refractivity contribution in [3.8, 4) is 5.88 Å². The zero-order valence-corrected chi connectivity index (χ0v) is 21.4. The molecule has 0 radical (unpaired) electrons. The molecule has 1 fully saturated rings. The van der Waals surface area contributed by atoms with Gasteiger partial charge in [0.2, 0.25) is 21.0 Å². The zero-order chi connectivity index (χ0) is 25.2. The second-order valence-electron chi connectivity index (χ2n) is 8.83. The van der Waals surface area contributed by atoms with E-state index in [0.29, 0.717) is 36.5 Å². The summed E-state index contributed by atoms with van der Waals surface area (Å²) < 4.78 is 29.8. The molecule has 184 valence electrons. The number of aromatic nitrogens is 1. The summed E-state index contributed by atoms with van der Waals surface area (Å²) in [4.78, 5) is 0.159. The Morgan fingerprint density at radius 3 is 2.57 bits per heavy atom. The predicted molar refractivity (Wildman–Crippen MR) is 143 cm³/mol. The fourth-order valence-electron chi connectivity index (χ4n) is 4.13. The number of aromatic hydroxyl groups is 1. The second-order valence-corrected chi connectivity index (χ2v) is 11.2. The van der Waals surface area contributed by atoms with Gasteiger partial charge in [-0.1, -0.05) is 30.7 Å². The molecule has 4 rings (SSSR count). The van der Waals surface area contributed by atoms with Crippen molar-refractivity contribution in [3.05, 3.63) is 60.7 Å². The Balaban J connectivity index is 1.69. The summed E-state index contributed by atoms with van der Waals surface area (Å²) in [7, 11) is -3.67. The summed E-state index contributed by atoms with van der Waals surface area (Å²) in [5, 5.41) is 22.7. The topological polar surface area (TPSA) is 99.3 Å². The van der Waals surface area contributed by atoms with Crippen LogP contribution in [0.15, 0.2) is 70.2 Å². The molecule has 3 aromatic rings. The van der Waals surface area contributed by atoms with E-state index in [2.05, 4.69) is 29.0 Å². The fourth-order valence-corrected chi connectivity index (χ4v) is 5.79. The van der Waals surface area contributed by atoms with E-state index in [1.165, 1.54) is 4.31 Å². The highest BCUT2D eigenvalue weighted by Gasteiger charge is 2.29. The van der Waals surface area contributed by atoms with Gasteiger partial charge in [-0.15, -0.1) is 16.8 Å². The van der Waals surface area contributed by atoms with Crippen molar-refractivity contribution >= 4 is 49.6 Å². The molecule has 0 aliphatic carbocycles. The minimum atomic E-state index is -3.67. The molecule has 2 aromatic carbocycles. The zero-order valence-electron chi connectivity index (χ0n) is 19.8. The molecule has 1 aliphatic rings. The molecule has 0 unspecified atom stereocenters. The minimum Gasteiger partial charge on any atom is -0.493 e. The highest BCUT2D eigenvalue weighted by molar-refractivity contribution is 7.89. The van der Waals surface area contributed by atoms with Crippen LogP contribution in [-0.4, -0.2) is 40.6 Å². The lowest BCUT2D eigenvalue weighted by Gasteiger charge is -2.29. The number of allylic oxidation sites excluding steroid dienone is 1. The van der Waals surface area contributed by atoms with Crippen molar-refractivity contribution in [1.29, 1.82) is 0 Å². The van der Waals surface area contributed by atoms with Crippen LogP contribution < -0.4 is 5.32 Å². The van der Waals surface area contributed by atoms with Crippen LogP contribution in [0, 0.1) is 12.8 Å². The third kappa shape index (κ3) is 5.29. The monoisotopic (exact) mass is 511 g/mol. The predicted octanol–water partition coefficient (Wildman–Crippen LogP) is 5.74. The number of thiocarbonyl (C=S) groups is 1. The lowest BCUT2D eigenvalue weighted by atomic mass is 10.0. The molecule has 1 saturated heterocycles. The molecule has 35 heavy (non-hydrogen) atoms. The average Bonchev–Trinajstić information content (AvgIpc) is 3.10. The first-order chi connectivity index (χ1) is 16.7. The molecule has 2 heterocycles. The van der Waals surface area contributed by atoms with E-state index in [4.69, 9.17) is 12.2 Å². The van der Waals surface area contributed by atoms with Crippen molar-refractivity contribution in [3.63, 3.8) is 0 Å². The molecule has 8 nitrogen and oxygen atoms in total. The van der Waals surface area contributed by atoms with Crippen LogP contribution in [-0.2, 0) is 16.6 Å². The molecule has 0 atom stereocenters. The quantitative estimate of drug-likeness (QED) is 0.250. The second kappa shape index (κ2) is 10.3. The van der Waals surface area contributed by atoms with Crippen LogP contribution in [0.25, 0.3) is 10.9 Å². The molecule has 0 saturated carbocycles. The first-order valence-corrected chi connectivity index (χ1v) is 13.3. The van der Waals surface area contributed by atoms with Gasteiger partial charge < -0.3 is 15.0 Å². The van der Waals surface area contributed by atoms with Crippen LogP contribution >= 0.6 is 12.2 Å². The van der Waals surface area contributed by atoms with E-state index in [-0.39, 0.29) is 21.6 Å². The number of aryl methyl sites for hydroxylation is 1. The van der Waals surface area contributed by atoms with Crippen molar-refractivity contribution in [1.82, 2.24) is 8.87 Å². The fraction of sp³-hybridized carbons (Fsp3) is 0.320. The number of anilines is 1. The average molecular weight is 512 g/mol. The summed E-state index contributed by atoms with van der Waals surface area (Å²) in [6.45, 7) is 9.18. The molecule has 10 heteroatoms. The standard InChI is InChI=1S/C25H29N5O3S2/c1-4-13-30-22-10-9-20(35(32,33)29-14-11-18(3)12-15-29)16-21(22)23(24(30)31)27-28-25(34)26-19-7-5-17(2)6-8-19/h4-10,16,18,31H,1,11-15H2,2-3H3,(H,26,34). The molecular weight excluding hydrogens is 482 g/mol. The molecule has 0 bridgehead atoms. The van der Waals surface area contributed by atoms with Gasteiger partial charge in [0.25, 0.3) is 0 Å². The van der Waals surface area contributed by atoms with E-state index >= 15 is 0 Å². The number of hydrogen-bond acceptors (Lipinski definition) is 5. The molecule has 2 N–H and O–H groups in total. The maximum atomic E-state index is 13.3. The van der Waals surface area contributed by atoms with E-state index < -0.39 is 10.0 Å². The normalized spacial score (nSPS) is 15.6. The van der Waals surface area contributed by atoms with E-state index in [1.54, 1.807) is 28.8 Å². The first-order valence-electron chi connectivity index (χ1n) is 11.5. The van der Waals surface area contributed by atoms with Crippen molar-refractivity contribution in [2.75, 3.05) is 18.4 Å². The molecule has 0 spiro atoms. The lowest BCUT2D eigenvalue weighted by Crippen LogP contribution is -2.37. The summed E-state index contributed by atoms with van der Waals surface area (Å²) in [6, 6.07) is 12.4. The number of hydrogen-bond donors (Lipinski definition) is 2. The number of azo groups is 1. The van der Waals surface area contributed by atoms with Crippen molar-refractivity contribution < 1.29 is 13.5 Å². The van der Waals surface area contributed by atoms with Gasteiger partial charge in [0, 0.05) is 30.7 Å². The highest BCUT2D eigenvalue weighted by Crippen LogP contribution is 2.40. The third-order valence-electron chi connectivity index (χ3n) is 6.22. The van der Waals surface area contributed by atoms with E-state index in [0.717, 1.165) is 24.1 Å². The number of sulfonamides is 1. The highest BCUT2D eigenvalue weighted by atomic mass is 32.2. The minimum absolute atomic E-state index is 0.115. The summed E-state index contributed by atoms with van der Waals surface area (Å²) in [5.74, 6) is 0.376. The van der Waals surface area contributed by atoms with Crippen molar-refractivity contribution in [2.24, 2.45) is 16.1 Å². The Kier molecular flexibility index (Phi) is 7.34. The van der Waals surface area contributed by atoms with Gasteiger partial charge in [0.05, 0.1) is 10.4 Å². The van der Waals surface area contributed by atoms with Gasteiger partial charge in [-0.05, 0) is 68.2 Å². The van der Waals surface area contributed by atoms with Gasteiger partial charge in [0.15, 0.2) is 5.69 Å². The number of nitrogens with zero attached hydrogens (tertiary/aromatic N) is 4. The van der Waals surface area contributed by atoms with Gasteiger partial charge >= 0.3 is 0 Å². The first kappa shape index (κ1) is 25.0. The maximum Gasteiger partial charge on any atom is 0.243 e. The number of rotatable bonds is 6. The Morgan fingerprint density at radius 1 is 1.23 bits per heavy atom. The lowest BCUT2D eigenvalue weighted by molar-refractivity contribution is 0.288. The SMILES string of the molecule is C=CCn1c(O)c(N=NC(=S)Nc2ccc(C)cc2)c2cc(S(=O)(=O)N3CCC(C)CC3)ccc21. The Morgan fingerprint density at radius 2 is 1.91 bits per heavy atom. The van der Waals surface area contributed by atoms with Gasteiger partial charge in [0.1, 0.15) is 0 Å². The maximum absolute atomic E-state index is 13.3. The Bertz CT molecular complexity index is 1390. The van der Waals surface area contributed by atoms with Crippen molar-refractivity contribution in [2.45, 2.75) is 38.1 Å². The smallest absolute Gasteiger partial charge is 0.243 e. The van der Waals surface area contributed by atoms with E-state index in [9.17, 15) is 13.5 Å².